The summed E-state index contributed by atoms with van der Waals surface area (Å²) in [6.45, 7) is 2.17. The van der Waals surface area contributed by atoms with Gasteiger partial charge in [0.25, 0.3) is 0 Å². The largest absolute Gasteiger partial charge is 0.469 e. The number of anilines is 2. The van der Waals surface area contributed by atoms with Crippen LogP contribution in [0.25, 0.3) is 0 Å². The molecule has 1 saturated carbocycles. The molecule has 0 saturated heterocycles. The molecule has 2 N–H and O–H groups in total. The van der Waals surface area contributed by atoms with Crippen LogP contribution in [-0.4, -0.2) is 23.1 Å². The van der Waals surface area contributed by atoms with E-state index in [-0.39, 0.29) is 0 Å². The van der Waals surface area contributed by atoms with Crippen LogP contribution in [0.5, 0.6) is 0 Å². The first-order chi connectivity index (χ1) is 10.2. The molecular formula is C16H22N4O. The topological polar surface area (TPSA) is 63.0 Å². The highest BCUT2D eigenvalue weighted by Crippen LogP contribution is 2.38. The van der Waals surface area contributed by atoms with Crippen molar-refractivity contribution in [3.05, 3.63) is 36.0 Å². The molecule has 0 aromatic carbocycles. The minimum Gasteiger partial charge on any atom is -0.469 e. The Hall–Kier alpha value is -2.04. The minimum absolute atomic E-state index is 0.335. The molecule has 2 aromatic rings. The Morgan fingerprint density at radius 3 is 2.81 bits per heavy atom. The van der Waals surface area contributed by atoms with Gasteiger partial charge in [-0.2, -0.15) is 0 Å². The molecule has 1 fully saturated rings. The first kappa shape index (κ1) is 13.9. The van der Waals surface area contributed by atoms with E-state index in [0.29, 0.717) is 12.0 Å². The standard InChI is InChI=1S/C16H22N4O/c1-11(5-8-13-4-3-9-21-13)18-15-10-14(17-2)19-16(20-15)12-6-7-12/h3-4,9-12H,5-8H2,1-2H3,(H2,17,18,19,20). The Kier molecular flexibility index (Phi) is 4.08. The van der Waals surface area contributed by atoms with Crippen molar-refractivity contribution in [2.75, 3.05) is 17.7 Å². The van der Waals surface area contributed by atoms with Crippen LogP contribution in [0.2, 0.25) is 0 Å². The minimum atomic E-state index is 0.335. The fourth-order valence-electron chi connectivity index (χ4n) is 2.33. The third kappa shape index (κ3) is 3.74. The lowest BCUT2D eigenvalue weighted by atomic mass is 10.1. The molecule has 0 radical (unpaired) electrons. The van der Waals surface area contributed by atoms with Gasteiger partial charge >= 0.3 is 0 Å². The van der Waals surface area contributed by atoms with Crippen molar-refractivity contribution < 1.29 is 4.42 Å². The summed E-state index contributed by atoms with van der Waals surface area (Å²) in [5.41, 5.74) is 0. The van der Waals surface area contributed by atoms with Gasteiger partial charge in [-0.05, 0) is 38.3 Å². The van der Waals surface area contributed by atoms with Gasteiger partial charge in [-0.25, -0.2) is 9.97 Å². The molecule has 2 aromatic heterocycles. The Morgan fingerprint density at radius 1 is 1.33 bits per heavy atom. The molecule has 112 valence electrons. The van der Waals surface area contributed by atoms with Gasteiger partial charge in [0.05, 0.1) is 6.26 Å². The van der Waals surface area contributed by atoms with Gasteiger partial charge in [0, 0.05) is 31.5 Å². The van der Waals surface area contributed by atoms with Crippen molar-refractivity contribution in [1.29, 1.82) is 0 Å². The van der Waals surface area contributed by atoms with Crippen LogP contribution in [-0.2, 0) is 6.42 Å². The van der Waals surface area contributed by atoms with E-state index in [1.54, 1.807) is 6.26 Å². The summed E-state index contributed by atoms with van der Waals surface area (Å²) in [6.07, 6.45) is 6.08. The first-order valence-electron chi connectivity index (χ1n) is 7.60. The average molecular weight is 286 g/mol. The average Bonchev–Trinajstić information content (AvgIpc) is 3.21. The second-order valence-electron chi connectivity index (χ2n) is 5.68. The van der Waals surface area contributed by atoms with Gasteiger partial charge in [-0.15, -0.1) is 0 Å². The molecule has 0 spiro atoms. The number of aromatic nitrogens is 2. The van der Waals surface area contributed by atoms with E-state index >= 15 is 0 Å². The van der Waals surface area contributed by atoms with E-state index in [0.717, 1.165) is 36.1 Å². The number of hydrogen-bond donors (Lipinski definition) is 2. The van der Waals surface area contributed by atoms with Crippen molar-refractivity contribution in [3.63, 3.8) is 0 Å². The molecule has 0 amide bonds. The van der Waals surface area contributed by atoms with Gasteiger partial charge in [-0.1, -0.05) is 0 Å². The molecule has 3 rings (SSSR count). The van der Waals surface area contributed by atoms with E-state index in [2.05, 4.69) is 27.5 Å². The molecule has 1 atom stereocenters. The molecule has 0 aliphatic heterocycles. The summed E-state index contributed by atoms with van der Waals surface area (Å²) in [5, 5.41) is 6.58. The lowest BCUT2D eigenvalue weighted by Crippen LogP contribution is -2.17. The molecule has 2 heterocycles. The molecule has 1 aliphatic carbocycles. The zero-order valence-electron chi connectivity index (χ0n) is 12.6. The fourth-order valence-corrected chi connectivity index (χ4v) is 2.33. The van der Waals surface area contributed by atoms with Gasteiger partial charge in [0.1, 0.15) is 23.2 Å². The number of furan rings is 1. The van der Waals surface area contributed by atoms with Crippen molar-refractivity contribution in [3.8, 4) is 0 Å². The summed E-state index contributed by atoms with van der Waals surface area (Å²) in [4.78, 5) is 9.17. The Balaban J connectivity index is 1.61. The van der Waals surface area contributed by atoms with Crippen molar-refractivity contribution >= 4 is 11.6 Å². The maximum absolute atomic E-state index is 5.37. The SMILES string of the molecule is CNc1cc(NC(C)CCc2ccco2)nc(C2CC2)n1. The first-order valence-corrected chi connectivity index (χ1v) is 7.60. The molecule has 21 heavy (non-hydrogen) atoms. The Bertz CT molecular complexity index is 578. The lowest BCUT2D eigenvalue weighted by Gasteiger charge is -2.15. The molecule has 5 heteroatoms. The van der Waals surface area contributed by atoms with Crippen LogP contribution in [0, 0.1) is 0 Å². The van der Waals surface area contributed by atoms with Gasteiger partial charge < -0.3 is 15.1 Å². The van der Waals surface area contributed by atoms with Crippen LogP contribution in [0.4, 0.5) is 11.6 Å². The second-order valence-corrected chi connectivity index (χ2v) is 5.68. The highest BCUT2D eigenvalue weighted by molar-refractivity contribution is 5.48. The van der Waals surface area contributed by atoms with Crippen LogP contribution >= 0.6 is 0 Å². The van der Waals surface area contributed by atoms with Gasteiger partial charge in [-0.3, -0.25) is 0 Å². The molecular weight excluding hydrogens is 264 g/mol. The molecule has 1 aliphatic rings. The van der Waals surface area contributed by atoms with Crippen LogP contribution in [0.1, 0.15) is 43.7 Å². The fraction of sp³-hybridized carbons (Fsp3) is 0.500. The van der Waals surface area contributed by atoms with E-state index < -0.39 is 0 Å². The normalized spacial score (nSPS) is 15.7. The van der Waals surface area contributed by atoms with Crippen LogP contribution < -0.4 is 10.6 Å². The molecule has 0 bridgehead atoms. The monoisotopic (exact) mass is 286 g/mol. The third-order valence-electron chi connectivity index (χ3n) is 3.74. The van der Waals surface area contributed by atoms with E-state index in [4.69, 9.17) is 4.42 Å². The zero-order chi connectivity index (χ0) is 14.7. The van der Waals surface area contributed by atoms with E-state index in [1.807, 2.05) is 25.2 Å². The van der Waals surface area contributed by atoms with Crippen LogP contribution in [0.3, 0.4) is 0 Å². The Labute approximate surface area is 125 Å². The van der Waals surface area contributed by atoms with Crippen LogP contribution in [0.15, 0.2) is 28.9 Å². The lowest BCUT2D eigenvalue weighted by molar-refractivity contribution is 0.495. The number of hydrogen-bond acceptors (Lipinski definition) is 5. The second kappa shape index (κ2) is 6.16. The quantitative estimate of drug-likeness (QED) is 0.816. The van der Waals surface area contributed by atoms with E-state index in [1.165, 1.54) is 12.8 Å². The van der Waals surface area contributed by atoms with Gasteiger partial charge in [0.15, 0.2) is 0 Å². The summed E-state index contributed by atoms with van der Waals surface area (Å²) >= 11 is 0. The summed E-state index contributed by atoms with van der Waals surface area (Å²) in [6, 6.07) is 6.25. The Morgan fingerprint density at radius 2 is 2.14 bits per heavy atom. The smallest absolute Gasteiger partial charge is 0.136 e. The predicted octanol–water partition coefficient (Wildman–Crippen LogP) is 3.42. The summed E-state index contributed by atoms with van der Waals surface area (Å²) in [5.74, 6) is 4.33. The third-order valence-corrected chi connectivity index (χ3v) is 3.74. The summed E-state index contributed by atoms with van der Waals surface area (Å²) < 4.78 is 5.37. The number of rotatable bonds is 7. The highest BCUT2D eigenvalue weighted by Gasteiger charge is 2.27. The van der Waals surface area contributed by atoms with Gasteiger partial charge in [0.2, 0.25) is 0 Å². The summed E-state index contributed by atoms with van der Waals surface area (Å²) in [7, 11) is 1.89. The highest BCUT2D eigenvalue weighted by atomic mass is 16.3. The number of nitrogens with zero attached hydrogens (tertiary/aromatic N) is 2. The zero-order valence-corrected chi connectivity index (χ0v) is 12.6. The number of aryl methyl sites for hydroxylation is 1. The van der Waals surface area contributed by atoms with Crippen molar-refractivity contribution in [1.82, 2.24) is 9.97 Å². The predicted molar refractivity (Wildman–Crippen MR) is 83.7 cm³/mol. The molecule has 1 unspecified atom stereocenters. The maximum Gasteiger partial charge on any atom is 0.136 e. The number of nitrogens with one attached hydrogen (secondary N) is 2. The van der Waals surface area contributed by atoms with Crippen molar-refractivity contribution in [2.24, 2.45) is 0 Å². The maximum atomic E-state index is 5.37. The van der Waals surface area contributed by atoms with E-state index in [9.17, 15) is 0 Å². The van der Waals surface area contributed by atoms with Crippen molar-refractivity contribution in [2.45, 2.75) is 44.6 Å². The molecule has 5 nitrogen and oxygen atoms in total.